The van der Waals surface area contributed by atoms with Gasteiger partial charge in [-0.25, -0.2) is 9.78 Å². The number of hydrogen-bond donors (Lipinski definition) is 1. The lowest BCUT2D eigenvalue weighted by molar-refractivity contribution is 0.0690. The summed E-state index contributed by atoms with van der Waals surface area (Å²) >= 11 is 0. The first-order valence-electron chi connectivity index (χ1n) is 4.21. The van der Waals surface area contributed by atoms with Crippen molar-refractivity contribution in [3.05, 3.63) is 29.1 Å². The highest BCUT2D eigenvalue weighted by Crippen LogP contribution is 2.07. The van der Waals surface area contributed by atoms with Gasteiger partial charge in [0, 0.05) is 6.20 Å². The van der Waals surface area contributed by atoms with Crippen LogP contribution < -0.4 is 0 Å². The molecule has 4 nitrogen and oxygen atoms in total. The van der Waals surface area contributed by atoms with Gasteiger partial charge in [0.25, 0.3) is 0 Å². The molecule has 74 valence electrons. The third-order valence-electron chi connectivity index (χ3n) is 1.62. The van der Waals surface area contributed by atoms with E-state index in [1.807, 2.05) is 6.07 Å². The molecule has 0 fully saturated rings. The van der Waals surface area contributed by atoms with Crippen LogP contribution in [-0.4, -0.2) is 16.1 Å². The van der Waals surface area contributed by atoms with E-state index in [9.17, 15) is 4.79 Å². The van der Waals surface area contributed by atoms with Gasteiger partial charge in [-0.1, -0.05) is 11.8 Å². The number of aromatic carboxylic acids is 1. The fraction of sp³-hybridized carbons (Fsp3) is 0.182. The Morgan fingerprint density at radius 2 is 2.40 bits per heavy atom. The predicted octanol–water partition coefficient (Wildman–Crippen LogP) is 1.35. The molecule has 0 aromatic carbocycles. The summed E-state index contributed by atoms with van der Waals surface area (Å²) in [6.07, 6.45) is 1.55. The summed E-state index contributed by atoms with van der Waals surface area (Å²) in [4.78, 5) is 14.5. The quantitative estimate of drug-likeness (QED) is 0.694. The summed E-state index contributed by atoms with van der Waals surface area (Å²) in [7, 11) is 0. The first-order chi connectivity index (χ1) is 7.15. The molecular weight excluding hydrogens is 192 g/mol. The monoisotopic (exact) mass is 200 g/mol. The van der Waals surface area contributed by atoms with Crippen LogP contribution in [0.3, 0.4) is 0 Å². The van der Waals surface area contributed by atoms with Crippen molar-refractivity contribution in [1.29, 1.82) is 5.26 Å². The maximum Gasteiger partial charge on any atom is 0.355 e. The molecule has 1 aromatic heterocycles. The van der Waals surface area contributed by atoms with Gasteiger partial charge in [0.05, 0.1) is 18.1 Å². The SMILES string of the molecule is Cc1cnc(C(=O)O)c(C#CCC#N)c1. The smallest absolute Gasteiger partial charge is 0.355 e. The van der Waals surface area contributed by atoms with Gasteiger partial charge in [-0.05, 0) is 18.6 Å². The summed E-state index contributed by atoms with van der Waals surface area (Å²) in [6, 6.07) is 3.50. The number of nitriles is 1. The zero-order valence-corrected chi connectivity index (χ0v) is 8.11. The summed E-state index contributed by atoms with van der Waals surface area (Å²) in [5, 5.41) is 17.1. The molecule has 1 rings (SSSR count). The van der Waals surface area contributed by atoms with E-state index in [1.165, 1.54) is 6.20 Å². The predicted molar refractivity (Wildman–Crippen MR) is 53.0 cm³/mol. The van der Waals surface area contributed by atoms with Crippen LogP contribution in [0.1, 0.15) is 28.0 Å². The molecular formula is C11H8N2O2. The Balaban J connectivity index is 3.16. The number of aromatic nitrogens is 1. The van der Waals surface area contributed by atoms with Crippen LogP contribution in [0.2, 0.25) is 0 Å². The van der Waals surface area contributed by atoms with Crippen molar-refractivity contribution < 1.29 is 9.90 Å². The van der Waals surface area contributed by atoms with Gasteiger partial charge in [-0.15, -0.1) is 0 Å². The summed E-state index contributed by atoms with van der Waals surface area (Å²) in [5.41, 5.74) is 1.10. The Bertz CT molecular complexity index is 490. The molecule has 0 unspecified atom stereocenters. The van der Waals surface area contributed by atoms with Crippen LogP contribution in [0.5, 0.6) is 0 Å². The lowest BCUT2D eigenvalue weighted by Gasteiger charge is -1.98. The van der Waals surface area contributed by atoms with E-state index < -0.39 is 5.97 Å². The van der Waals surface area contributed by atoms with Crippen LogP contribution in [-0.2, 0) is 0 Å². The number of hydrogen-bond acceptors (Lipinski definition) is 3. The molecule has 0 bridgehead atoms. The number of carbonyl (C=O) groups is 1. The fourth-order valence-corrected chi connectivity index (χ4v) is 1.01. The van der Waals surface area contributed by atoms with Gasteiger partial charge < -0.3 is 5.11 Å². The molecule has 0 spiro atoms. The highest BCUT2D eigenvalue weighted by molar-refractivity contribution is 5.88. The van der Waals surface area contributed by atoms with E-state index in [1.54, 1.807) is 13.0 Å². The minimum atomic E-state index is -1.11. The molecule has 1 aromatic rings. The second kappa shape index (κ2) is 4.78. The minimum Gasteiger partial charge on any atom is -0.476 e. The Morgan fingerprint density at radius 3 is 3.00 bits per heavy atom. The largest absolute Gasteiger partial charge is 0.476 e. The molecule has 1 heterocycles. The van der Waals surface area contributed by atoms with E-state index in [-0.39, 0.29) is 12.1 Å². The van der Waals surface area contributed by atoms with Crippen LogP contribution in [0, 0.1) is 30.1 Å². The van der Waals surface area contributed by atoms with Crippen LogP contribution in [0.4, 0.5) is 0 Å². The second-order valence-corrected chi connectivity index (χ2v) is 2.85. The molecule has 0 atom stereocenters. The number of carboxylic acid groups (broad SMARTS) is 1. The first kappa shape index (κ1) is 10.7. The highest BCUT2D eigenvalue weighted by atomic mass is 16.4. The average Bonchev–Trinajstić information content (AvgIpc) is 2.18. The van der Waals surface area contributed by atoms with E-state index in [0.717, 1.165) is 5.56 Å². The van der Waals surface area contributed by atoms with Crippen molar-refractivity contribution in [2.75, 3.05) is 0 Å². The fourth-order valence-electron chi connectivity index (χ4n) is 1.01. The highest BCUT2D eigenvalue weighted by Gasteiger charge is 2.09. The third-order valence-corrected chi connectivity index (χ3v) is 1.62. The lowest BCUT2D eigenvalue weighted by Crippen LogP contribution is -2.03. The summed E-state index contributed by atoms with van der Waals surface area (Å²) < 4.78 is 0. The minimum absolute atomic E-state index is 0.0764. The summed E-state index contributed by atoms with van der Waals surface area (Å²) in [6.45, 7) is 1.80. The molecule has 0 amide bonds. The Hall–Kier alpha value is -2.33. The Kier molecular flexibility index (Phi) is 3.43. The number of rotatable bonds is 1. The molecule has 15 heavy (non-hydrogen) atoms. The number of aryl methyl sites for hydroxylation is 1. The van der Waals surface area contributed by atoms with Gasteiger partial charge in [0.15, 0.2) is 5.69 Å². The molecule has 0 aliphatic carbocycles. The summed E-state index contributed by atoms with van der Waals surface area (Å²) in [5.74, 6) is 4.07. The average molecular weight is 200 g/mol. The van der Waals surface area contributed by atoms with Crippen molar-refractivity contribution in [2.24, 2.45) is 0 Å². The van der Waals surface area contributed by atoms with Gasteiger partial charge in [-0.2, -0.15) is 5.26 Å². The molecule has 0 aliphatic rings. The molecule has 4 heteroatoms. The van der Waals surface area contributed by atoms with E-state index in [4.69, 9.17) is 10.4 Å². The maximum absolute atomic E-state index is 10.8. The van der Waals surface area contributed by atoms with Crippen molar-refractivity contribution in [3.63, 3.8) is 0 Å². The van der Waals surface area contributed by atoms with Crippen molar-refractivity contribution in [3.8, 4) is 17.9 Å². The van der Waals surface area contributed by atoms with Crippen molar-refractivity contribution >= 4 is 5.97 Å². The standard InChI is InChI=1S/C11H8N2O2/c1-8-6-9(4-2-3-5-12)10(11(14)15)13-7-8/h6-7H,3H2,1H3,(H,14,15). The van der Waals surface area contributed by atoms with E-state index in [0.29, 0.717) is 5.56 Å². The molecule has 0 aliphatic heterocycles. The van der Waals surface area contributed by atoms with Gasteiger partial charge in [0.1, 0.15) is 0 Å². The second-order valence-electron chi connectivity index (χ2n) is 2.85. The van der Waals surface area contributed by atoms with E-state index >= 15 is 0 Å². The number of carboxylic acids is 1. The maximum atomic E-state index is 10.8. The van der Waals surface area contributed by atoms with Crippen LogP contribution in [0.25, 0.3) is 0 Å². The van der Waals surface area contributed by atoms with Gasteiger partial charge >= 0.3 is 5.97 Å². The zero-order chi connectivity index (χ0) is 11.3. The van der Waals surface area contributed by atoms with E-state index in [2.05, 4.69) is 16.8 Å². The first-order valence-corrected chi connectivity index (χ1v) is 4.21. The topological polar surface area (TPSA) is 74.0 Å². The van der Waals surface area contributed by atoms with Gasteiger partial charge in [-0.3, -0.25) is 0 Å². The van der Waals surface area contributed by atoms with Gasteiger partial charge in [0.2, 0.25) is 0 Å². The molecule has 0 saturated heterocycles. The molecule has 0 saturated carbocycles. The van der Waals surface area contributed by atoms with Crippen molar-refractivity contribution in [1.82, 2.24) is 4.98 Å². The van der Waals surface area contributed by atoms with Crippen molar-refractivity contribution in [2.45, 2.75) is 13.3 Å². The zero-order valence-electron chi connectivity index (χ0n) is 8.11. The lowest BCUT2D eigenvalue weighted by atomic mass is 10.1. The van der Waals surface area contributed by atoms with Crippen LogP contribution in [0.15, 0.2) is 12.3 Å². The Labute approximate surface area is 87.2 Å². The molecule has 0 radical (unpaired) electrons. The van der Waals surface area contributed by atoms with Crippen LogP contribution >= 0.6 is 0 Å². The third kappa shape index (κ3) is 2.82. The Morgan fingerprint density at radius 1 is 1.67 bits per heavy atom. The number of nitrogens with zero attached hydrogens (tertiary/aromatic N) is 2. The molecule has 1 N–H and O–H groups in total. The normalized spacial score (nSPS) is 8.53. The number of pyridine rings is 1.